The van der Waals surface area contributed by atoms with Gasteiger partial charge in [-0.1, -0.05) is 48.9 Å². The van der Waals surface area contributed by atoms with Crippen LogP contribution in [-0.2, 0) is 19.1 Å². The van der Waals surface area contributed by atoms with E-state index in [4.69, 9.17) is 26.8 Å². The van der Waals surface area contributed by atoms with Gasteiger partial charge < -0.3 is 20.1 Å². The van der Waals surface area contributed by atoms with E-state index in [2.05, 4.69) is 17.9 Å². The second kappa shape index (κ2) is 11.0. The number of rotatable bonds is 5. The fourth-order valence-corrected chi connectivity index (χ4v) is 5.28. The van der Waals surface area contributed by atoms with Crippen LogP contribution in [0.2, 0.25) is 5.02 Å². The first-order chi connectivity index (χ1) is 17.8. The van der Waals surface area contributed by atoms with Crippen molar-refractivity contribution in [2.75, 3.05) is 37.1 Å². The molecule has 2 aliphatic heterocycles. The molecule has 0 spiro atoms. The Balaban J connectivity index is 2.05. The third-order valence-electron chi connectivity index (χ3n) is 6.79. The summed E-state index contributed by atoms with van der Waals surface area (Å²) in [5.74, 6) is -2.02. The number of benzene rings is 2. The number of nitriles is 1. The highest BCUT2D eigenvalue weighted by Gasteiger charge is 2.43. The van der Waals surface area contributed by atoms with Crippen LogP contribution in [0.25, 0.3) is 0 Å². The van der Waals surface area contributed by atoms with Crippen molar-refractivity contribution in [3.63, 3.8) is 0 Å². The second-order valence-electron chi connectivity index (χ2n) is 9.16. The van der Waals surface area contributed by atoms with Crippen LogP contribution in [0.15, 0.2) is 71.2 Å². The molecule has 4 rings (SSSR count). The molecule has 0 bridgehead atoms. The van der Waals surface area contributed by atoms with Crippen LogP contribution in [0.3, 0.4) is 0 Å². The molecule has 2 aromatic carbocycles. The second-order valence-corrected chi connectivity index (χ2v) is 9.60. The van der Waals surface area contributed by atoms with Gasteiger partial charge in [0.1, 0.15) is 11.5 Å². The van der Waals surface area contributed by atoms with Crippen molar-refractivity contribution in [1.29, 1.82) is 5.26 Å². The van der Waals surface area contributed by atoms with Crippen LogP contribution in [0.4, 0.5) is 11.4 Å². The minimum absolute atomic E-state index is 0.0120. The van der Waals surface area contributed by atoms with Crippen molar-refractivity contribution in [1.82, 2.24) is 0 Å². The van der Waals surface area contributed by atoms with Gasteiger partial charge in [0.25, 0.3) is 0 Å². The highest BCUT2D eigenvalue weighted by atomic mass is 35.5. The fraction of sp³-hybridized carbons (Fsp3) is 0.321. The van der Waals surface area contributed by atoms with Crippen LogP contribution in [0.5, 0.6) is 0 Å². The maximum Gasteiger partial charge on any atom is 0.355 e. The maximum absolute atomic E-state index is 13.4. The van der Waals surface area contributed by atoms with Gasteiger partial charge in [-0.3, -0.25) is 4.90 Å². The Morgan fingerprint density at radius 3 is 2.41 bits per heavy atom. The minimum atomic E-state index is -0.929. The summed E-state index contributed by atoms with van der Waals surface area (Å²) in [5, 5.41) is 10.7. The van der Waals surface area contributed by atoms with Crippen LogP contribution in [0.1, 0.15) is 31.2 Å². The summed E-state index contributed by atoms with van der Waals surface area (Å²) in [6, 6.07) is 16.4. The van der Waals surface area contributed by atoms with Crippen molar-refractivity contribution < 1.29 is 19.1 Å². The number of hydrogen-bond acceptors (Lipinski definition) is 8. The number of halogens is 1. The molecular weight excluding hydrogens is 492 g/mol. The molecule has 2 unspecified atom stereocenters. The van der Waals surface area contributed by atoms with Crippen LogP contribution in [-0.4, -0.2) is 39.2 Å². The number of nitrogens with zero attached hydrogens (tertiary/aromatic N) is 3. The van der Waals surface area contributed by atoms with E-state index >= 15 is 0 Å². The Hall–Kier alpha value is -3.96. The Labute approximate surface area is 221 Å². The van der Waals surface area contributed by atoms with Gasteiger partial charge >= 0.3 is 11.9 Å². The summed E-state index contributed by atoms with van der Waals surface area (Å²) in [7, 11) is 2.45. The summed E-state index contributed by atoms with van der Waals surface area (Å²) in [6.07, 6.45) is 2.11. The molecule has 2 aliphatic rings. The van der Waals surface area contributed by atoms with Crippen molar-refractivity contribution in [3.05, 3.63) is 81.8 Å². The molecule has 9 heteroatoms. The summed E-state index contributed by atoms with van der Waals surface area (Å²) in [5.41, 5.74) is 8.50. The quantitative estimate of drug-likeness (QED) is 0.575. The van der Waals surface area contributed by atoms with Crippen LogP contribution >= 0.6 is 11.6 Å². The normalized spacial score (nSPS) is 20.0. The van der Waals surface area contributed by atoms with E-state index in [1.807, 2.05) is 12.1 Å². The summed E-state index contributed by atoms with van der Waals surface area (Å²) in [4.78, 5) is 30.3. The molecule has 1 fully saturated rings. The summed E-state index contributed by atoms with van der Waals surface area (Å²) < 4.78 is 10.3. The zero-order chi connectivity index (χ0) is 26.7. The Bertz CT molecular complexity index is 1320. The first-order valence-electron chi connectivity index (χ1n) is 12.0. The molecule has 37 heavy (non-hydrogen) atoms. The number of methoxy groups -OCH3 is 2. The van der Waals surface area contributed by atoms with Crippen molar-refractivity contribution in [2.45, 2.75) is 25.7 Å². The van der Waals surface area contributed by atoms with Gasteiger partial charge in [-0.2, -0.15) is 5.26 Å². The Morgan fingerprint density at radius 2 is 1.78 bits per heavy atom. The first kappa shape index (κ1) is 26.1. The highest BCUT2D eigenvalue weighted by molar-refractivity contribution is 6.31. The number of carbonyl (C=O) groups is 2. The lowest BCUT2D eigenvalue weighted by Gasteiger charge is -2.40. The van der Waals surface area contributed by atoms with Gasteiger partial charge in [-0.25, -0.2) is 9.59 Å². The van der Waals surface area contributed by atoms with Crippen LogP contribution < -0.4 is 15.5 Å². The average molecular weight is 521 g/mol. The smallest absolute Gasteiger partial charge is 0.355 e. The number of piperidine rings is 1. The van der Waals surface area contributed by atoms with E-state index in [-0.39, 0.29) is 22.7 Å². The molecule has 0 radical (unpaired) electrons. The SMILES string of the molecule is COC(=O)C1=C(C(=O)OC)N(c2cc(Cl)ccc2N2CCCC(C)C2)C(N)=C(C#N)C1c1ccccc1. The number of esters is 2. The maximum atomic E-state index is 13.4. The molecule has 2 N–H and O–H groups in total. The largest absolute Gasteiger partial charge is 0.466 e. The zero-order valence-corrected chi connectivity index (χ0v) is 21.8. The molecule has 2 aromatic rings. The third-order valence-corrected chi connectivity index (χ3v) is 7.02. The standard InChI is InChI=1S/C28H29ClN4O4/c1-17-8-7-13-32(16-17)21-12-11-19(29)14-22(21)33-25(28(35)37-3)24(27(34)36-2)23(20(15-30)26(33)31)18-9-5-4-6-10-18/h4-6,9-12,14,17,23H,7-8,13,16,31H2,1-3H3. The topological polar surface area (TPSA) is 109 Å². The molecule has 0 saturated carbocycles. The van der Waals surface area contributed by atoms with E-state index in [0.29, 0.717) is 22.2 Å². The molecule has 0 aromatic heterocycles. The van der Waals surface area contributed by atoms with E-state index in [1.54, 1.807) is 36.4 Å². The molecule has 0 aliphatic carbocycles. The third kappa shape index (κ3) is 4.87. The number of ether oxygens (including phenoxy) is 2. The summed E-state index contributed by atoms with van der Waals surface area (Å²) in [6.45, 7) is 3.78. The number of hydrogen-bond donors (Lipinski definition) is 1. The van der Waals surface area contributed by atoms with Crippen LogP contribution in [0, 0.1) is 17.2 Å². The lowest BCUT2D eigenvalue weighted by Crippen LogP contribution is -2.42. The van der Waals surface area contributed by atoms with E-state index in [9.17, 15) is 14.9 Å². The van der Waals surface area contributed by atoms with Gasteiger partial charge in [0.05, 0.1) is 48.7 Å². The molecule has 2 atom stereocenters. The number of allylic oxidation sites excluding steroid dienone is 1. The molecule has 1 saturated heterocycles. The van der Waals surface area contributed by atoms with Crippen molar-refractivity contribution in [2.24, 2.45) is 11.7 Å². The predicted molar refractivity (Wildman–Crippen MR) is 142 cm³/mol. The van der Waals surface area contributed by atoms with Gasteiger partial charge in [0.2, 0.25) is 0 Å². The van der Waals surface area contributed by atoms with E-state index < -0.39 is 17.9 Å². The lowest BCUT2D eigenvalue weighted by atomic mass is 9.81. The summed E-state index contributed by atoms with van der Waals surface area (Å²) >= 11 is 6.44. The highest BCUT2D eigenvalue weighted by Crippen LogP contribution is 2.46. The number of nitrogens with two attached hydrogens (primary N) is 1. The van der Waals surface area contributed by atoms with E-state index in [1.165, 1.54) is 19.1 Å². The molecule has 8 nitrogen and oxygen atoms in total. The molecule has 0 amide bonds. The first-order valence-corrected chi connectivity index (χ1v) is 12.4. The van der Waals surface area contributed by atoms with Gasteiger partial charge in [0, 0.05) is 18.1 Å². The zero-order valence-electron chi connectivity index (χ0n) is 21.0. The van der Waals surface area contributed by atoms with Gasteiger partial charge in [0.15, 0.2) is 0 Å². The Morgan fingerprint density at radius 1 is 1.08 bits per heavy atom. The Kier molecular flexibility index (Phi) is 7.74. The minimum Gasteiger partial charge on any atom is -0.466 e. The molecular formula is C28H29ClN4O4. The van der Waals surface area contributed by atoms with Crippen molar-refractivity contribution >= 4 is 34.9 Å². The molecule has 2 heterocycles. The average Bonchev–Trinajstić information content (AvgIpc) is 2.91. The predicted octanol–water partition coefficient (Wildman–Crippen LogP) is 4.47. The van der Waals surface area contributed by atoms with Gasteiger partial charge in [-0.05, 0) is 42.5 Å². The van der Waals surface area contributed by atoms with E-state index in [0.717, 1.165) is 31.6 Å². The van der Waals surface area contributed by atoms with Crippen molar-refractivity contribution in [3.8, 4) is 6.07 Å². The fourth-order valence-electron chi connectivity index (χ4n) is 5.11. The number of carbonyl (C=O) groups excluding carboxylic acids is 2. The van der Waals surface area contributed by atoms with Gasteiger partial charge in [-0.15, -0.1) is 0 Å². The monoisotopic (exact) mass is 520 g/mol. The lowest BCUT2D eigenvalue weighted by molar-refractivity contribution is -0.139. The number of anilines is 2. The molecule has 192 valence electrons.